The van der Waals surface area contributed by atoms with Gasteiger partial charge >= 0.3 is 0 Å². The van der Waals surface area contributed by atoms with Crippen molar-refractivity contribution >= 4 is 11.8 Å². The van der Waals surface area contributed by atoms with E-state index in [1.807, 2.05) is 49.1 Å². The third-order valence-electron chi connectivity index (χ3n) is 5.80. The molecule has 2 aromatic rings. The average molecular weight is 427 g/mol. The fourth-order valence-corrected chi connectivity index (χ4v) is 3.87. The number of amides is 2. The van der Waals surface area contributed by atoms with Crippen molar-refractivity contribution in [3.05, 3.63) is 53.6 Å². The van der Waals surface area contributed by atoms with Gasteiger partial charge in [-0.3, -0.25) is 9.59 Å². The maximum absolute atomic E-state index is 13.2. The lowest BCUT2D eigenvalue weighted by atomic mass is 9.83. The highest BCUT2D eigenvalue weighted by molar-refractivity contribution is 5.96. The normalized spacial score (nSPS) is 14.2. The highest BCUT2D eigenvalue weighted by atomic mass is 16.5. The topological polar surface area (TPSA) is 68.3 Å². The van der Waals surface area contributed by atoms with Gasteiger partial charge in [0.15, 0.2) is 11.5 Å². The first-order chi connectivity index (χ1) is 14.8. The minimum absolute atomic E-state index is 0.0681. The van der Waals surface area contributed by atoms with Crippen LogP contribution in [0.1, 0.15) is 29.8 Å². The number of hydrogen-bond donors (Lipinski definition) is 0. The maximum atomic E-state index is 13.2. The van der Waals surface area contributed by atoms with Gasteiger partial charge in [-0.1, -0.05) is 30.3 Å². The molecule has 0 radical (unpaired) electrons. The van der Waals surface area contributed by atoms with Gasteiger partial charge in [-0.25, -0.2) is 0 Å². The quantitative estimate of drug-likeness (QED) is 0.710. The monoisotopic (exact) mass is 426 g/mol. The van der Waals surface area contributed by atoms with Crippen LogP contribution in [0.15, 0.2) is 42.5 Å². The molecule has 7 heteroatoms. The molecule has 0 saturated carbocycles. The summed E-state index contributed by atoms with van der Waals surface area (Å²) in [6.07, 6.45) is 0. The van der Waals surface area contributed by atoms with Gasteiger partial charge in [-0.15, -0.1) is 0 Å². The first-order valence-corrected chi connectivity index (χ1v) is 10.3. The van der Waals surface area contributed by atoms with Crippen LogP contribution >= 0.6 is 0 Å². The molecule has 1 aliphatic rings. The van der Waals surface area contributed by atoms with Crippen LogP contribution < -0.4 is 14.2 Å². The average Bonchev–Trinajstić information content (AvgIpc) is 2.82. The van der Waals surface area contributed by atoms with Crippen LogP contribution in [0.5, 0.6) is 17.2 Å². The van der Waals surface area contributed by atoms with Crippen LogP contribution in [-0.4, -0.2) is 69.1 Å². The number of carbonyl (C=O) groups excluding carboxylic acids is 2. The Labute approximate surface area is 183 Å². The van der Waals surface area contributed by atoms with Gasteiger partial charge in [-0.2, -0.15) is 0 Å². The number of rotatable bonds is 6. The summed E-state index contributed by atoms with van der Waals surface area (Å²) in [7, 11) is 4.56. The second-order valence-corrected chi connectivity index (χ2v) is 7.99. The van der Waals surface area contributed by atoms with Crippen LogP contribution in [0.25, 0.3) is 0 Å². The van der Waals surface area contributed by atoms with Crippen LogP contribution in [0.4, 0.5) is 0 Å². The molecule has 166 valence electrons. The molecule has 1 aliphatic heterocycles. The van der Waals surface area contributed by atoms with E-state index < -0.39 is 5.41 Å². The number of hydrogen-bond acceptors (Lipinski definition) is 5. The first-order valence-electron chi connectivity index (χ1n) is 10.3. The lowest BCUT2D eigenvalue weighted by Crippen LogP contribution is -2.54. The number of benzene rings is 2. The molecule has 2 aromatic carbocycles. The summed E-state index contributed by atoms with van der Waals surface area (Å²) in [5, 5.41) is 0. The maximum Gasteiger partial charge on any atom is 0.254 e. The molecule has 0 bridgehead atoms. The van der Waals surface area contributed by atoms with Crippen LogP contribution in [0.3, 0.4) is 0 Å². The Morgan fingerprint density at radius 2 is 1.32 bits per heavy atom. The fraction of sp³-hybridized carbons (Fsp3) is 0.417. The zero-order chi connectivity index (χ0) is 22.6. The van der Waals surface area contributed by atoms with Gasteiger partial charge < -0.3 is 24.0 Å². The van der Waals surface area contributed by atoms with Crippen molar-refractivity contribution in [3.8, 4) is 17.2 Å². The van der Waals surface area contributed by atoms with Gasteiger partial charge in [0.2, 0.25) is 11.7 Å². The van der Waals surface area contributed by atoms with E-state index in [-0.39, 0.29) is 11.8 Å². The molecule has 0 aromatic heterocycles. The van der Waals surface area contributed by atoms with Gasteiger partial charge in [0, 0.05) is 31.7 Å². The Hall–Kier alpha value is -3.22. The van der Waals surface area contributed by atoms with E-state index in [1.165, 1.54) is 21.3 Å². The fourth-order valence-electron chi connectivity index (χ4n) is 3.87. The minimum atomic E-state index is -0.621. The van der Waals surface area contributed by atoms with Gasteiger partial charge in [0.1, 0.15) is 0 Å². The summed E-state index contributed by atoms with van der Waals surface area (Å²) < 4.78 is 16.0. The van der Waals surface area contributed by atoms with Crippen molar-refractivity contribution in [2.24, 2.45) is 0 Å². The van der Waals surface area contributed by atoms with E-state index >= 15 is 0 Å². The number of ether oxygens (including phenoxy) is 3. The van der Waals surface area contributed by atoms with Crippen LogP contribution in [0, 0.1) is 0 Å². The summed E-state index contributed by atoms with van der Waals surface area (Å²) in [6.45, 7) is 5.80. The molecule has 0 spiro atoms. The molecule has 0 atom stereocenters. The molecule has 0 N–H and O–H groups in total. The molecular formula is C24H30N2O5. The Morgan fingerprint density at radius 1 is 0.806 bits per heavy atom. The van der Waals surface area contributed by atoms with Gasteiger partial charge in [0.05, 0.1) is 26.7 Å². The highest BCUT2D eigenvalue weighted by Gasteiger charge is 2.36. The van der Waals surface area contributed by atoms with E-state index in [0.29, 0.717) is 49.0 Å². The summed E-state index contributed by atoms with van der Waals surface area (Å²) in [6, 6.07) is 13.1. The Kier molecular flexibility index (Phi) is 6.73. The van der Waals surface area contributed by atoms with E-state index in [2.05, 4.69) is 0 Å². The molecular weight excluding hydrogens is 396 g/mol. The number of carbonyl (C=O) groups is 2. The van der Waals surface area contributed by atoms with Crippen molar-refractivity contribution in [1.29, 1.82) is 0 Å². The predicted molar refractivity (Wildman–Crippen MR) is 118 cm³/mol. The van der Waals surface area contributed by atoms with Gasteiger partial charge in [0.25, 0.3) is 5.91 Å². The van der Waals surface area contributed by atoms with E-state index in [0.717, 1.165) is 5.56 Å². The van der Waals surface area contributed by atoms with Crippen molar-refractivity contribution in [1.82, 2.24) is 9.80 Å². The zero-order valence-corrected chi connectivity index (χ0v) is 18.8. The molecule has 3 rings (SSSR count). The molecule has 1 fully saturated rings. The summed E-state index contributed by atoms with van der Waals surface area (Å²) >= 11 is 0. The first kappa shape index (κ1) is 22.5. The minimum Gasteiger partial charge on any atom is -0.493 e. The third kappa shape index (κ3) is 4.45. The predicted octanol–water partition coefficient (Wildman–Crippen LogP) is 2.97. The second kappa shape index (κ2) is 9.29. The lowest BCUT2D eigenvalue weighted by molar-refractivity contribution is -0.137. The van der Waals surface area contributed by atoms with Gasteiger partial charge in [-0.05, 0) is 31.5 Å². The molecule has 0 unspecified atom stereocenters. The highest BCUT2D eigenvalue weighted by Crippen LogP contribution is 2.38. The molecule has 7 nitrogen and oxygen atoms in total. The standard InChI is InChI=1S/C24H30N2O5/c1-24(2,18-9-7-6-8-10-18)23(28)26-13-11-25(12-14-26)22(27)17-15-19(29-3)21(31-5)20(16-17)30-4/h6-10,15-16H,11-14H2,1-5H3. The SMILES string of the molecule is COc1cc(C(=O)N2CCN(C(=O)C(C)(C)c3ccccc3)CC2)cc(OC)c1OC. The van der Waals surface area contributed by atoms with Crippen molar-refractivity contribution in [2.75, 3.05) is 47.5 Å². The van der Waals surface area contributed by atoms with Crippen molar-refractivity contribution in [3.63, 3.8) is 0 Å². The summed E-state index contributed by atoms with van der Waals surface area (Å²) in [5.74, 6) is 1.25. The summed E-state index contributed by atoms with van der Waals surface area (Å²) in [5.41, 5.74) is 0.819. The van der Waals surface area contributed by atoms with E-state index in [9.17, 15) is 9.59 Å². The van der Waals surface area contributed by atoms with E-state index in [1.54, 1.807) is 17.0 Å². The molecule has 1 saturated heterocycles. The molecule has 1 heterocycles. The Morgan fingerprint density at radius 3 is 1.81 bits per heavy atom. The third-order valence-corrected chi connectivity index (χ3v) is 5.80. The number of nitrogens with zero attached hydrogens (tertiary/aromatic N) is 2. The number of methoxy groups -OCH3 is 3. The smallest absolute Gasteiger partial charge is 0.254 e. The second-order valence-electron chi connectivity index (χ2n) is 7.99. The Balaban J connectivity index is 1.71. The van der Waals surface area contributed by atoms with Crippen molar-refractivity contribution in [2.45, 2.75) is 19.3 Å². The molecule has 31 heavy (non-hydrogen) atoms. The zero-order valence-electron chi connectivity index (χ0n) is 18.8. The largest absolute Gasteiger partial charge is 0.493 e. The van der Waals surface area contributed by atoms with Crippen LogP contribution in [0.2, 0.25) is 0 Å². The van der Waals surface area contributed by atoms with E-state index in [4.69, 9.17) is 14.2 Å². The molecule has 0 aliphatic carbocycles. The summed E-state index contributed by atoms with van der Waals surface area (Å²) in [4.78, 5) is 29.9. The molecule has 2 amide bonds. The van der Waals surface area contributed by atoms with Crippen molar-refractivity contribution < 1.29 is 23.8 Å². The Bertz CT molecular complexity index is 909. The lowest BCUT2D eigenvalue weighted by Gasteiger charge is -2.39. The number of piperazine rings is 1. The van der Waals surface area contributed by atoms with Crippen LogP contribution in [-0.2, 0) is 10.2 Å².